The van der Waals surface area contributed by atoms with Crippen LogP contribution in [0.3, 0.4) is 0 Å². The van der Waals surface area contributed by atoms with Crippen molar-refractivity contribution in [3.05, 3.63) is 72.2 Å². The van der Waals surface area contributed by atoms with Crippen LogP contribution in [-0.2, 0) is 0 Å². The van der Waals surface area contributed by atoms with E-state index < -0.39 is 0 Å². The van der Waals surface area contributed by atoms with Crippen LogP contribution in [0.4, 0.5) is 0 Å². The van der Waals surface area contributed by atoms with Crippen LogP contribution in [0.2, 0.25) is 0 Å². The Morgan fingerprint density at radius 3 is 2.74 bits per heavy atom. The highest BCUT2D eigenvalue weighted by Crippen LogP contribution is 2.31. The van der Waals surface area contributed by atoms with Crippen molar-refractivity contribution >= 4 is 16.8 Å². The van der Waals surface area contributed by atoms with E-state index >= 15 is 0 Å². The molecule has 1 aliphatic rings. The molecule has 0 radical (unpaired) electrons. The molecule has 3 heterocycles. The van der Waals surface area contributed by atoms with E-state index in [1.54, 1.807) is 0 Å². The third-order valence-corrected chi connectivity index (χ3v) is 5.17. The smallest absolute Gasteiger partial charge is 0.254 e. The summed E-state index contributed by atoms with van der Waals surface area (Å²) in [5.41, 5.74) is 2.85. The number of hydrogen-bond donors (Lipinski definition) is 1. The summed E-state index contributed by atoms with van der Waals surface area (Å²) in [6.45, 7) is 0.710. The van der Waals surface area contributed by atoms with Crippen LogP contribution in [-0.4, -0.2) is 42.5 Å². The van der Waals surface area contributed by atoms with Gasteiger partial charge in [-0.05, 0) is 54.6 Å². The standard InChI is InChI=1S/C20H18N6O/c27-20(26-12-3-6-18(26)19-21-23-24-22-19)15-7-9-16(10-8-15)25-13-11-14-4-1-2-5-17(14)25/h1-2,4-5,7-11,13,18H,3,6,12H2,(H,21,22,23,24). The summed E-state index contributed by atoms with van der Waals surface area (Å²) in [7, 11) is 0. The normalized spacial score (nSPS) is 16.9. The number of nitrogens with one attached hydrogen (secondary N) is 1. The highest BCUT2D eigenvalue weighted by molar-refractivity contribution is 5.95. The van der Waals surface area contributed by atoms with E-state index in [9.17, 15) is 4.79 Å². The largest absolute Gasteiger partial charge is 0.328 e. The second-order valence-electron chi connectivity index (χ2n) is 6.72. The first kappa shape index (κ1) is 15.7. The zero-order chi connectivity index (χ0) is 18.2. The van der Waals surface area contributed by atoms with Gasteiger partial charge in [-0.15, -0.1) is 10.2 Å². The van der Waals surface area contributed by atoms with E-state index in [2.05, 4.69) is 43.4 Å². The first-order valence-corrected chi connectivity index (χ1v) is 9.02. The molecule has 0 spiro atoms. The number of aromatic nitrogens is 5. The number of amides is 1. The van der Waals surface area contributed by atoms with Gasteiger partial charge in [0.1, 0.15) is 0 Å². The van der Waals surface area contributed by atoms with Crippen LogP contribution >= 0.6 is 0 Å². The van der Waals surface area contributed by atoms with Crippen LogP contribution in [0.1, 0.15) is 35.1 Å². The molecule has 27 heavy (non-hydrogen) atoms. The summed E-state index contributed by atoms with van der Waals surface area (Å²) in [6, 6.07) is 18.0. The van der Waals surface area contributed by atoms with Crippen LogP contribution in [0.15, 0.2) is 60.8 Å². The second kappa shape index (κ2) is 6.35. The molecule has 0 saturated carbocycles. The zero-order valence-corrected chi connectivity index (χ0v) is 14.6. The third-order valence-electron chi connectivity index (χ3n) is 5.17. The summed E-state index contributed by atoms with van der Waals surface area (Å²) in [6.07, 6.45) is 3.85. The Kier molecular flexibility index (Phi) is 3.71. The third kappa shape index (κ3) is 2.68. The van der Waals surface area contributed by atoms with E-state index in [0.29, 0.717) is 17.9 Å². The maximum atomic E-state index is 13.0. The van der Waals surface area contributed by atoms with Crippen molar-refractivity contribution < 1.29 is 4.79 Å². The number of fused-ring (bicyclic) bond motifs is 1. The minimum absolute atomic E-state index is 0.00575. The van der Waals surface area contributed by atoms with E-state index in [1.807, 2.05) is 47.5 Å². The number of benzene rings is 2. The van der Waals surface area contributed by atoms with Gasteiger partial charge in [-0.1, -0.05) is 23.4 Å². The Balaban J connectivity index is 1.42. The topological polar surface area (TPSA) is 79.7 Å². The minimum Gasteiger partial charge on any atom is -0.328 e. The first-order valence-electron chi connectivity index (χ1n) is 9.02. The number of para-hydroxylation sites is 1. The number of aromatic amines is 1. The van der Waals surface area contributed by atoms with Crippen molar-refractivity contribution in [2.45, 2.75) is 18.9 Å². The van der Waals surface area contributed by atoms with Crippen LogP contribution in [0, 0.1) is 0 Å². The molecule has 1 fully saturated rings. The fourth-order valence-corrected chi connectivity index (χ4v) is 3.83. The van der Waals surface area contributed by atoms with E-state index in [4.69, 9.17) is 0 Å². The lowest BCUT2D eigenvalue weighted by Gasteiger charge is -2.22. The van der Waals surface area contributed by atoms with Crippen LogP contribution in [0.5, 0.6) is 0 Å². The lowest BCUT2D eigenvalue weighted by Crippen LogP contribution is -2.31. The predicted molar refractivity (Wildman–Crippen MR) is 100 cm³/mol. The number of tetrazole rings is 1. The van der Waals surface area contributed by atoms with Gasteiger partial charge in [0.25, 0.3) is 5.91 Å². The molecule has 2 aromatic carbocycles. The van der Waals surface area contributed by atoms with Gasteiger partial charge < -0.3 is 9.47 Å². The Morgan fingerprint density at radius 1 is 1.07 bits per heavy atom. The molecule has 7 heteroatoms. The molecule has 0 aliphatic carbocycles. The molecule has 1 atom stereocenters. The molecule has 1 aliphatic heterocycles. The van der Waals surface area contributed by atoms with E-state index in [0.717, 1.165) is 24.0 Å². The second-order valence-corrected chi connectivity index (χ2v) is 6.72. The quantitative estimate of drug-likeness (QED) is 0.610. The average molecular weight is 358 g/mol. The lowest BCUT2D eigenvalue weighted by atomic mass is 10.1. The maximum absolute atomic E-state index is 13.0. The molecule has 1 N–H and O–H groups in total. The van der Waals surface area contributed by atoms with Crippen molar-refractivity contribution in [3.63, 3.8) is 0 Å². The van der Waals surface area contributed by atoms with E-state index in [1.165, 1.54) is 5.39 Å². The minimum atomic E-state index is -0.107. The lowest BCUT2D eigenvalue weighted by molar-refractivity contribution is 0.0730. The van der Waals surface area contributed by atoms with Crippen molar-refractivity contribution in [1.29, 1.82) is 0 Å². The molecule has 2 aromatic heterocycles. The molecule has 1 unspecified atom stereocenters. The Bertz CT molecular complexity index is 1080. The summed E-state index contributed by atoms with van der Waals surface area (Å²) < 4.78 is 2.13. The number of carbonyl (C=O) groups excluding carboxylic acids is 1. The van der Waals surface area contributed by atoms with Gasteiger partial charge in [0.2, 0.25) is 0 Å². The van der Waals surface area contributed by atoms with Gasteiger partial charge >= 0.3 is 0 Å². The van der Waals surface area contributed by atoms with Crippen LogP contribution < -0.4 is 0 Å². The Hall–Kier alpha value is -3.48. The van der Waals surface area contributed by atoms with Gasteiger partial charge in [-0.2, -0.15) is 5.21 Å². The average Bonchev–Trinajstić information content (AvgIpc) is 3.47. The Labute approximate surface area is 155 Å². The van der Waals surface area contributed by atoms with Gasteiger partial charge in [-0.3, -0.25) is 4.79 Å². The highest BCUT2D eigenvalue weighted by atomic mass is 16.2. The fourth-order valence-electron chi connectivity index (χ4n) is 3.83. The molecule has 4 aromatic rings. The molecular formula is C20H18N6O. The SMILES string of the molecule is O=C(c1ccc(-n2ccc3ccccc32)cc1)N1CCCC1c1nn[nH]n1. The number of likely N-dealkylation sites (tertiary alicyclic amines) is 1. The highest BCUT2D eigenvalue weighted by Gasteiger charge is 2.33. The van der Waals surface area contributed by atoms with Crippen molar-refractivity contribution in [1.82, 2.24) is 30.1 Å². The van der Waals surface area contributed by atoms with Gasteiger partial charge in [0, 0.05) is 24.0 Å². The zero-order valence-electron chi connectivity index (χ0n) is 14.6. The van der Waals surface area contributed by atoms with Crippen molar-refractivity contribution in [3.8, 4) is 5.69 Å². The summed E-state index contributed by atoms with van der Waals surface area (Å²) in [5.74, 6) is 0.586. The fraction of sp³-hybridized carbons (Fsp3) is 0.200. The summed E-state index contributed by atoms with van der Waals surface area (Å²) >= 11 is 0. The summed E-state index contributed by atoms with van der Waals surface area (Å²) in [5, 5.41) is 15.4. The van der Waals surface area contributed by atoms with Gasteiger partial charge in [0.15, 0.2) is 5.82 Å². The number of hydrogen-bond acceptors (Lipinski definition) is 4. The molecule has 1 amide bonds. The number of carbonyl (C=O) groups is 1. The van der Waals surface area contributed by atoms with Gasteiger partial charge in [0.05, 0.1) is 11.6 Å². The maximum Gasteiger partial charge on any atom is 0.254 e. The van der Waals surface area contributed by atoms with Crippen LogP contribution in [0.25, 0.3) is 16.6 Å². The molecule has 0 bridgehead atoms. The molecule has 5 rings (SSSR count). The number of rotatable bonds is 3. The van der Waals surface area contributed by atoms with Crippen molar-refractivity contribution in [2.75, 3.05) is 6.54 Å². The molecule has 134 valence electrons. The number of nitrogens with zero attached hydrogens (tertiary/aromatic N) is 5. The van der Waals surface area contributed by atoms with E-state index in [-0.39, 0.29) is 11.9 Å². The molecular weight excluding hydrogens is 340 g/mol. The first-order chi connectivity index (χ1) is 13.3. The monoisotopic (exact) mass is 358 g/mol. The summed E-state index contributed by atoms with van der Waals surface area (Å²) in [4.78, 5) is 14.8. The van der Waals surface area contributed by atoms with Crippen molar-refractivity contribution in [2.24, 2.45) is 0 Å². The molecule has 7 nitrogen and oxygen atoms in total. The Morgan fingerprint density at radius 2 is 1.93 bits per heavy atom. The number of H-pyrrole nitrogens is 1. The predicted octanol–water partition coefficient (Wildman–Crippen LogP) is 3.12. The van der Waals surface area contributed by atoms with Gasteiger partial charge in [-0.25, -0.2) is 0 Å². The molecule has 1 saturated heterocycles.